The van der Waals surface area contributed by atoms with Gasteiger partial charge in [0.15, 0.2) is 0 Å². The number of pyridine rings is 1. The van der Waals surface area contributed by atoms with E-state index in [4.69, 9.17) is 9.72 Å². The number of rotatable bonds is 5. The molecular formula is C25H21FN2O. The molecule has 0 saturated heterocycles. The second-order valence-corrected chi connectivity index (χ2v) is 7.40. The number of anilines is 1. The van der Waals surface area contributed by atoms with Gasteiger partial charge in [0.25, 0.3) is 0 Å². The molecule has 4 heteroatoms. The van der Waals surface area contributed by atoms with E-state index in [1.807, 2.05) is 24.3 Å². The van der Waals surface area contributed by atoms with Crippen LogP contribution in [0.2, 0.25) is 0 Å². The van der Waals surface area contributed by atoms with E-state index in [0.717, 1.165) is 40.9 Å². The van der Waals surface area contributed by atoms with Crippen molar-refractivity contribution >= 4 is 16.7 Å². The average molecular weight is 384 g/mol. The molecule has 29 heavy (non-hydrogen) atoms. The van der Waals surface area contributed by atoms with E-state index in [1.165, 1.54) is 23.3 Å². The molecular weight excluding hydrogens is 363 g/mol. The van der Waals surface area contributed by atoms with Crippen molar-refractivity contribution in [3.05, 3.63) is 101 Å². The summed E-state index contributed by atoms with van der Waals surface area (Å²) in [6.45, 7) is 0.403. The average Bonchev–Trinajstić information content (AvgIpc) is 3.16. The monoisotopic (exact) mass is 384 g/mol. The Kier molecular flexibility index (Phi) is 4.60. The van der Waals surface area contributed by atoms with Crippen LogP contribution in [-0.4, -0.2) is 4.98 Å². The van der Waals surface area contributed by atoms with Crippen molar-refractivity contribution in [2.75, 3.05) is 5.32 Å². The van der Waals surface area contributed by atoms with Crippen molar-refractivity contribution in [2.45, 2.75) is 25.5 Å². The maximum absolute atomic E-state index is 13.0. The maximum Gasteiger partial charge on any atom is 0.127 e. The number of benzene rings is 3. The van der Waals surface area contributed by atoms with Crippen molar-refractivity contribution in [1.82, 2.24) is 4.98 Å². The highest BCUT2D eigenvalue weighted by Crippen LogP contribution is 2.33. The van der Waals surface area contributed by atoms with E-state index in [2.05, 4.69) is 35.6 Å². The van der Waals surface area contributed by atoms with E-state index in [-0.39, 0.29) is 5.82 Å². The molecule has 1 heterocycles. The number of nitrogens with zero attached hydrogens (tertiary/aromatic N) is 1. The van der Waals surface area contributed by atoms with Crippen LogP contribution >= 0.6 is 0 Å². The summed E-state index contributed by atoms with van der Waals surface area (Å²) < 4.78 is 18.9. The summed E-state index contributed by atoms with van der Waals surface area (Å²) in [4.78, 5) is 4.77. The van der Waals surface area contributed by atoms with E-state index in [1.54, 1.807) is 12.1 Å². The van der Waals surface area contributed by atoms with Crippen molar-refractivity contribution in [3.63, 3.8) is 0 Å². The first-order valence-electron chi connectivity index (χ1n) is 9.87. The second kappa shape index (κ2) is 7.55. The van der Waals surface area contributed by atoms with Gasteiger partial charge in [-0.1, -0.05) is 36.4 Å². The van der Waals surface area contributed by atoms with Crippen LogP contribution < -0.4 is 10.1 Å². The van der Waals surface area contributed by atoms with Crippen LogP contribution in [-0.2, 0) is 13.0 Å². The minimum absolute atomic E-state index is 0.240. The van der Waals surface area contributed by atoms with Gasteiger partial charge in [0.2, 0.25) is 0 Å². The third-order valence-electron chi connectivity index (χ3n) is 5.43. The molecule has 0 fully saturated rings. The predicted molar refractivity (Wildman–Crippen MR) is 114 cm³/mol. The van der Waals surface area contributed by atoms with Gasteiger partial charge in [0.1, 0.15) is 24.0 Å². The maximum atomic E-state index is 13.0. The fourth-order valence-corrected chi connectivity index (χ4v) is 3.91. The van der Waals surface area contributed by atoms with Crippen LogP contribution in [0.15, 0.2) is 78.9 Å². The first kappa shape index (κ1) is 17.7. The number of hydrogen-bond acceptors (Lipinski definition) is 3. The molecule has 0 spiro atoms. The zero-order valence-electron chi connectivity index (χ0n) is 15.9. The van der Waals surface area contributed by atoms with Gasteiger partial charge in [0.05, 0.1) is 11.6 Å². The Labute approximate surface area is 169 Å². The minimum Gasteiger partial charge on any atom is -0.489 e. The summed E-state index contributed by atoms with van der Waals surface area (Å²) in [5.41, 5.74) is 4.66. The molecule has 0 unspecified atom stereocenters. The van der Waals surface area contributed by atoms with Gasteiger partial charge in [-0.15, -0.1) is 0 Å². The number of aromatic nitrogens is 1. The number of fused-ring (bicyclic) bond motifs is 2. The molecule has 1 aliphatic rings. The minimum atomic E-state index is -0.240. The lowest BCUT2D eigenvalue weighted by Gasteiger charge is -2.15. The van der Waals surface area contributed by atoms with Gasteiger partial charge >= 0.3 is 0 Å². The predicted octanol–water partition coefficient (Wildman–Crippen LogP) is 6.05. The van der Waals surface area contributed by atoms with Crippen molar-refractivity contribution in [3.8, 4) is 5.75 Å². The van der Waals surface area contributed by atoms with Crippen LogP contribution in [0.25, 0.3) is 10.9 Å². The van der Waals surface area contributed by atoms with Gasteiger partial charge in [-0.2, -0.15) is 0 Å². The summed E-state index contributed by atoms with van der Waals surface area (Å²) >= 11 is 0. The standard InChI is InChI=1S/C25H21FN2O/c26-20-9-5-17(6-10-20)16-29-21-11-13-23-19(15-21)8-14-25(27-23)28-24-12-7-18-3-1-2-4-22(18)24/h1-6,8-11,13-15,24H,7,12,16H2,(H,27,28)/t24-/m1/s1. The van der Waals surface area contributed by atoms with E-state index in [9.17, 15) is 4.39 Å². The molecule has 0 bridgehead atoms. The Hall–Kier alpha value is -3.40. The van der Waals surface area contributed by atoms with Crippen molar-refractivity contribution in [1.29, 1.82) is 0 Å². The van der Waals surface area contributed by atoms with Crippen LogP contribution in [0.1, 0.15) is 29.2 Å². The lowest BCUT2D eigenvalue weighted by molar-refractivity contribution is 0.306. The molecule has 5 rings (SSSR count). The van der Waals surface area contributed by atoms with Crippen LogP contribution in [0.3, 0.4) is 0 Å². The molecule has 1 N–H and O–H groups in total. The van der Waals surface area contributed by atoms with Crippen molar-refractivity contribution in [2.24, 2.45) is 0 Å². The highest BCUT2D eigenvalue weighted by molar-refractivity contribution is 5.81. The Morgan fingerprint density at radius 3 is 2.72 bits per heavy atom. The highest BCUT2D eigenvalue weighted by Gasteiger charge is 2.21. The van der Waals surface area contributed by atoms with Gasteiger partial charge in [-0.3, -0.25) is 0 Å². The Morgan fingerprint density at radius 2 is 1.83 bits per heavy atom. The number of aryl methyl sites for hydroxylation is 1. The highest BCUT2D eigenvalue weighted by atomic mass is 19.1. The second-order valence-electron chi connectivity index (χ2n) is 7.40. The molecule has 144 valence electrons. The Morgan fingerprint density at radius 1 is 0.966 bits per heavy atom. The fraction of sp³-hybridized carbons (Fsp3) is 0.160. The molecule has 0 amide bonds. The molecule has 0 radical (unpaired) electrons. The number of nitrogens with one attached hydrogen (secondary N) is 1. The Balaban J connectivity index is 1.30. The van der Waals surface area contributed by atoms with E-state index >= 15 is 0 Å². The van der Waals surface area contributed by atoms with Gasteiger partial charge < -0.3 is 10.1 Å². The SMILES string of the molecule is Fc1ccc(COc2ccc3nc(N[C@@H]4CCc5ccccc54)ccc3c2)cc1. The summed E-state index contributed by atoms with van der Waals surface area (Å²) in [5, 5.41) is 4.61. The fourth-order valence-electron chi connectivity index (χ4n) is 3.91. The smallest absolute Gasteiger partial charge is 0.127 e. The number of ether oxygens (including phenoxy) is 1. The summed E-state index contributed by atoms with van der Waals surface area (Å²) in [6, 6.07) is 25.2. The lowest BCUT2D eigenvalue weighted by Crippen LogP contribution is -2.08. The van der Waals surface area contributed by atoms with Gasteiger partial charge in [0, 0.05) is 5.39 Å². The quantitative estimate of drug-likeness (QED) is 0.455. The third-order valence-corrected chi connectivity index (χ3v) is 5.43. The summed E-state index contributed by atoms with van der Waals surface area (Å²) in [5.74, 6) is 1.42. The largest absolute Gasteiger partial charge is 0.489 e. The Bertz CT molecular complexity index is 1160. The molecule has 4 aromatic rings. The number of hydrogen-bond donors (Lipinski definition) is 1. The van der Waals surface area contributed by atoms with Crippen LogP contribution in [0.4, 0.5) is 10.2 Å². The van der Waals surface area contributed by atoms with Gasteiger partial charge in [-0.25, -0.2) is 9.37 Å². The molecule has 1 atom stereocenters. The normalized spacial score (nSPS) is 15.3. The third kappa shape index (κ3) is 3.79. The van der Waals surface area contributed by atoms with Crippen molar-refractivity contribution < 1.29 is 9.13 Å². The lowest BCUT2D eigenvalue weighted by atomic mass is 10.1. The van der Waals surface area contributed by atoms with Gasteiger partial charge in [-0.05, 0) is 72.0 Å². The summed E-state index contributed by atoms with van der Waals surface area (Å²) in [6.07, 6.45) is 2.20. The zero-order chi connectivity index (χ0) is 19.6. The molecule has 1 aromatic heterocycles. The van der Waals surface area contributed by atoms with E-state index < -0.39 is 0 Å². The molecule has 0 saturated carbocycles. The first-order valence-corrected chi connectivity index (χ1v) is 9.87. The topological polar surface area (TPSA) is 34.1 Å². The molecule has 3 nitrogen and oxygen atoms in total. The van der Waals surface area contributed by atoms with Crippen LogP contribution in [0.5, 0.6) is 5.75 Å². The summed E-state index contributed by atoms with van der Waals surface area (Å²) in [7, 11) is 0. The molecule has 0 aliphatic heterocycles. The van der Waals surface area contributed by atoms with Crippen LogP contribution in [0, 0.1) is 5.82 Å². The zero-order valence-corrected chi connectivity index (χ0v) is 15.9. The number of halogens is 1. The molecule has 3 aromatic carbocycles. The first-order chi connectivity index (χ1) is 14.2. The van der Waals surface area contributed by atoms with E-state index in [0.29, 0.717) is 12.6 Å². The molecule has 1 aliphatic carbocycles.